The van der Waals surface area contributed by atoms with Crippen molar-refractivity contribution in [1.29, 1.82) is 0 Å². The first kappa shape index (κ1) is 13.5. The Morgan fingerprint density at radius 1 is 1.05 bits per heavy atom. The van der Waals surface area contributed by atoms with E-state index in [2.05, 4.69) is 26.6 Å². The van der Waals surface area contributed by atoms with Crippen LogP contribution in [0.15, 0.2) is 46.9 Å². The minimum Gasteiger partial charge on any atom is -0.308 e. The fourth-order valence-corrected chi connectivity index (χ4v) is 1.80. The van der Waals surface area contributed by atoms with Gasteiger partial charge in [-0.2, -0.15) is 0 Å². The summed E-state index contributed by atoms with van der Waals surface area (Å²) in [7, 11) is 0. The zero-order chi connectivity index (χ0) is 13.8. The van der Waals surface area contributed by atoms with Crippen LogP contribution < -0.4 is 10.6 Å². The van der Waals surface area contributed by atoms with Crippen LogP contribution in [0.25, 0.3) is 0 Å². The molecule has 2 aromatic carbocycles. The fraction of sp³-hybridized carbons (Fsp3) is 0.0714. The van der Waals surface area contributed by atoms with Gasteiger partial charge in [-0.3, -0.25) is 0 Å². The second-order valence-electron chi connectivity index (χ2n) is 4.05. The summed E-state index contributed by atoms with van der Waals surface area (Å²) in [6.07, 6.45) is 0. The molecule has 0 atom stereocenters. The molecule has 0 aliphatic carbocycles. The maximum atomic E-state index is 12.7. The van der Waals surface area contributed by atoms with Crippen LogP contribution in [0.1, 0.15) is 5.56 Å². The van der Waals surface area contributed by atoms with Gasteiger partial charge in [0.25, 0.3) is 0 Å². The second-order valence-corrected chi connectivity index (χ2v) is 4.90. The third kappa shape index (κ3) is 3.79. The highest BCUT2D eigenvalue weighted by molar-refractivity contribution is 9.10. The summed E-state index contributed by atoms with van der Waals surface area (Å²) in [4.78, 5) is 11.7. The number of carbonyl (C=O) groups is 1. The molecule has 0 fully saturated rings. The van der Waals surface area contributed by atoms with Crippen LogP contribution in [0.3, 0.4) is 0 Å². The van der Waals surface area contributed by atoms with E-state index >= 15 is 0 Å². The molecule has 0 aliphatic rings. The Bertz CT molecular complexity index is 599. The highest BCUT2D eigenvalue weighted by Gasteiger charge is 2.04. The van der Waals surface area contributed by atoms with E-state index in [0.29, 0.717) is 11.4 Å². The zero-order valence-corrected chi connectivity index (χ0v) is 11.8. The monoisotopic (exact) mass is 322 g/mol. The minimum absolute atomic E-state index is 0.338. The lowest BCUT2D eigenvalue weighted by Crippen LogP contribution is -2.19. The van der Waals surface area contributed by atoms with Crippen LogP contribution in [-0.2, 0) is 0 Å². The summed E-state index contributed by atoms with van der Waals surface area (Å²) in [6.45, 7) is 1.94. The van der Waals surface area contributed by atoms with Crippen molar-refractivity contribution >= 4 is 33.3 Å². The number of hydrogen-bond acceptors (Lipinski definition) is 1. The summed E-state index contributed by atoms with van der Waals surface area (Å²) in [5.74, 6) is -0.338. The van der Waals surface area contributed by atoms with Crippen molar-refractivity contribution in [3.63, 3.8) is 0 Å². The Morgan fingerprint density at radius 3 is 2.26 bits per heavy atom. The minimum atomic E-state index is -0.367. The van der Waals surface area contributed by atoms with Crippen LogP contribution in [0.2, 0.25) is 0 Å². The van der Waals surface area contributed by atoms with Crippen molar-refractivity contribution in [3.8, 4) is 0 Å². The second kappa shape index (κ2) is 5.84. The number of rotatable bonds is 2. The quantitative estimate of drug-likeness (QED) is 0.837. The first-order chi connectivity index (χ1) is 9.04. The van der Waals surface area contributed by atoms with E-state index in [9.17, 15) is 9.18 Å². The van der Waals surface area contributed by atoms with Crippen molar-refractivity contribution in [2.75, 3.05) is 10.6 Å². The smallest absolute Gasteiger partial charge is 0.308 e. The average Bonchev–Trinajstić information content (AvgIpc) is 2.37. The standard InChI is InChI=1S/C14H12BrFN2O/c1-9-8-12(6-7-13(9)15)18-14(19)17-11-4-2-10(16)3-5-11/h2-8H,1H3,(H2,17,18,19). The predicted octanol–water partition coefficient (Wildman–Crippen LogP) is 4.54. The number of aryl methyl sites for hydroxylation is 1. The third-order valence-corrected chi connectivity index (χ3v) is 3.41. The van der Waals surface area contributed by atoms with Crippen LogP contribution in [0.5, 0.6) is 0 Å². The number of nitrogens with one attached hydrogen (secondary N) is 2. The Labute approximate surface area is 119 Å². The maximum absolute atomic E-state index is 12.7. The molecule has 0 radical (unpaired) electrons. The van der Waals surface area contributed by atoms with E-state index in [1.165, 1.54) is 24.3 Å². The summed E-state index contributed by atoms with van der Waals surface area (Å²) >= 11 is 3.39. The Balaban J connectivity index is 2.01. The Hall–Kier alpha value is -1.88. The molecule has 0 saturated carbocycles. The highest BCUT2D eigenvalue weighted by Crippen LogP contribution is 2.20. The number of amides is 2. The van der Waals surface area contributed by atoms with Gasteiger partial charge in [-0.05, 0) is 55.0 Å². The summed E-state index contributed by atoms with van der Waals surface area (Å²) in [5, 5.41) is 5.33. The van der Waals surface area contributed by atoms with Gasteiger partial charge in [-0.15, -0.1) is 0 Å². The molecule has 98 valence electrons. The average molecular weight is 323 g/mol. The van der Waals surface area contributed by atoms with E-state index in [0.717, 1.165) is 10.0 Å². The van der Waals surface area contributed by atoms with Crippen LogP contribution in [-0.4, -0.2) is 6.03 Å². The molecule has 3 nitrogen and oxygen atoms in total. The fourth-order valence-electron chi connectivity index (χ4n) is 1.55. The molecular weight excluding hydrogens is 311 g/mol. The summed E-state index contributed by atoms with van der Waals surface area (Å²) < 4.78 is 13.7. The zero-order valence-electron chi connectivity index (χ0n) is 10.2. The van der Waals surface area contributed by atoms with Gasteiger partial charge < -0.3 is 10.6 Å². The Kier molecular flexibility index (Phi) is 4.16. The highest BCUT2D eigenvalue weighted by atomic mass is 79.9. The van der Waals surface area contributed by atoms with Crippen LogP contribution in [0.4, 0.5) is 20.6 Å². The molecule has 0 aliphatic heterocycles. The molecule has 0 saturated heterocycles. The molecule has 0 unspecified atom stereocenters. The van der Waals surface area contributed by atoms with Crippen molar-refractivity contribution in [2.24, 2.45) is 0 Å². The number of benzene rings is 2. The molecule has 2 rings (SSSR count). The first-order valence-electron chi connectivity index (χ1n) is 5.64. The molecule has 5 heteroatoms. The summed E-state index contributed by atoms with van der Waals surface area (Å²) in [5.41, 5.74) is 2.26. The number of anilines is 2. The maximum Gasteiger partial charge on any atom is 0.323 e. The SMILES string of the molecule is Cc1cc(NC(=O)Nc2ccc(F)cc2)ccc1Br. The lowest BCUT2D eigenvalue weighted by molar-refractivity contribution is 0.262. The number of urea groups is 1. The van der Waals surface area contributed by atoms with Crippen LogP contribution in [0, 0.1) is 12.7 Å². The molecule has 0 aromatic heterocycles. The van der Waals surface area contributed by atoms with Gasteiger partial charge >= 0.3 is 6.03 Å². The third-order valence-electron chi connectivity index (χ3n) is 2.52. The first-order valence-corrected chi connectivity index (χ1v) is 6.43. The normalized spacial score (nSPS) is 10.1. The van der Waals surface area contributed by atoms with E-state index in [-0.39, 0.29) is 11.8 Å². The lowest BCUT2D eigenvalue weighted by Gasteiger charge is -2.08. The van der Waals surface area contributed by atoms with E-state index in [1.54, 1.807) is 6.07 Å². The van der Waals surface area contributed by atoms with E-state index < -0.39 is 0 Å². The molecule has 2 N–H and O–H groups in total. The summed E-state index contributed by atoms with van der Waals surface area (Å²) in [6, 6.07) is 10.7. The molecule has 0 bridgehead atoms. The van der Waals surface area contributed by atoms with Gasteiger partial charge in [0.05, 0.1) is 0 Å². The molecule has 2 amide bonds. The topological polar surface area (TPSA) is 41.1 Å². The largest absolute Gasteiger partial charge is 0.323 e. The van der Waals surface area contributed by atoms with E-state index in [1.807, 2.05) is 19.1 Å². The number of carbonyl (C=O) groups excluding carboxylic acids is 1. The van der Waals surface area contributed by atoms with E-state index in [4.69, 9.17) is 0 Å². The van der Waals surface area contributed by atoms with Crippen molar-refractivity contribution in [1.82, 2.24) is 0 Å². The van der Waals surface area contributed by atoms with Gasteiger partial charge in [0.15, 0.2) is 0 Å². The molecule has 0 spiro atoms. The molecule has 0 heterocycles. The van der Waals surface area contributed by atoms with Crippen molar-refractivity contribution < 1.29 is 9.18 Å². The van der Waals surface area contributed by atoms with Crippen molar-refractivity contribution in [2.45, 2.75) is 6.92 Å². The van der Waals surface area contributed by atoms with Gasteiger partial charge in [-0.1, -0.05) is 15.9 Å². The van der Waals surface area contributed by atoms with Gasteiger partial charge in [0.2, 0.25) is 0 Å². The van der Waals surface area contributed by atoms with Gasteiger partial charge in [0, 0.05) is 15.8 Å². The molecule has 19 heavy (non-hydrogen) atoms. The predicted molar refractivity (Wildman–Crippen MR) is 77.9 cm³/mol. The lowest BCUT2D eigenvalue weighted by atomic mass is 10.2. The number of hydrogen-bond donors (Lipinski definition) is 2. The van der Waals surface area contributed by atoms with Gasteiger partial charge in [0.1, 0.15) is 5.82 Å². The number of halogens is 2. The van der Waals surface area contributed by atoms with Crippen LogP contribution >= 0.6 is 15.9 Å². The molecular formula is C14H12BrFN2O. The molecule has 2 aromatic rings. The van der Waals surface area contributed by atoms with Gasteiger partial charge in [-0.25, -0.2) is 9.18 Å². The van der Waals surface area contributed by atoms with Crippen molar-refractivity contribution in [3.05, 3.63) is 58.3 Å². The Morgan fingerprint density at radius 2 is 1.63 bits per heavy atom.